The fourth-order valence-corrected chi connectivity index (χ4v) is 5.33. The summed E-state index contributed by atoms with van der Waals surface area (Å²) in [5, 5.41) is 15.9. The van der Waals surface area contributed by atoms with Gasteiger partial charge in [0.2, 0.25) is 11.8 Å². The minimum absolute atomic E-state index is 0.129. The SMILES string of the molecule is CCn1c2ccccc2c2cc(NC(=O)CC(CC(=O)Nc3ccc(C=N)c(Cl)c3)c3ccccc3)ccc21. The Bertz CT molecular complexity index is 1680. The topological polar surface area (TPSA) is 87.0 Å². The van der Waals surface area contributed by atoms with E-state index < -0.39 is 0 Å². The number of halogens is 1. The van der Waals surface area contributed by atoms with Gasteiger partial charge in [0.25, 0.3) is 0 Å². The average molecular weight is 537 g/mol. The van der Waals surface area contributed by atoms with Gasteiger partial charge in [0.1, 0.15) is 0 Å². The number of carbonyl (C=O) groups is 2. The summed E-state index contributed by atoms with van der Waals surface area (Å²) in [6.07, 6.45) is 1.45. The number of para-hydroxylation sites is 1. The first-order valence-electron chi connectivity index (χ1n) is 12.9. The Morgan fingerprint density at radius 3 is 2.10 bits per heavy atom. The van der Waals surface area contributed by atoms with Crippen LogP contribution < -0.4 is 10.6 Å². The van der Waals surface area contributed by atoms with Gasteiger partial charge in [0.15, 0.2) is 0 Å². The maximum Gasteiger partial charge on any atom is 0.225 e. The predicted octanol–water partition coefficient (Wildman–Crippen LogP) is 7.61. The number of carbonyl (C=O) groups excluding carboxylic acids is 2. The van der Waals surface area contributed by atoms with Gasteiger partial charge in [-0.3, -0.25) is 9.59 Å². The van der Waals surface area contributed by atoms with Crippen molar-refractivity contribution in [2.24, 2.45) is 0 Å². The third-order valence-corrected chi connectivity index (χ3v) is 7.27. The van der Waals surface area contributed by atoms with Crippen LogP contribution in [-0.4, -0.2) is 22.6 Å². The predicted molar refractivity (Wildman–Crippen MR) is 160 cm³/mol. The number of nitrogens with zero attached hydrogens (tertiary/aromatic N) is 1. The van der Waals surface area contributed by atoms with Gasteiger partial charge in [-0.25, -0.2) is 0 Å². The van der Waals surface area contributed by atoms with Crippen molar-refractivity contribution >= 4 is 62.8 Å². The average Bonchev–Trinajstić information content (AvgIpc) is 3.26. The van der Waals surface area contributed by atoms with E-state index in [1.54, 1.807) is 18.2 Å². The molecule has 196 valence electrons. The summed E-state index contributed by atoms with van der Waals surface area (Å²) in [6, 6.07) is 28.9. The Morgan fingerprint density at radius 1 is 0.821 bits per heavy atom. The molecule has 1 heterocycles. The molecule has 0 aliphatic heterocycles. The van der Waals surface area contributed by atoms with Crippen LogP contribution in [0, 0.1) is 5.41 Å². The normalized spacial score (nSPS) is 11.8. The number of hydrogen-bond acceptors (Lipinski definition) is 3. The molecule has 3 N–H and O–H groups in total. The molecule has 0 aliphatic carbocycles. The summed E-state index contributed by atoms with van der Waals surface area (Å²) in [6.45, 7) is 2.98. The second-order valence-corrected chi connectivity index (χ2v) is 9.89. The Balaban J connectivity index is 1.33. The number of amides is 2. The Kier molecular flexibility index (Phi) is 7.75. The zero-order valence-corrected chi connectivity index (χ0v) is 22.3. The molecule has 4 aromatic carbocycles. The molecule has 0 saturated heterocycles. The maximum absolute atomic E-state index is 13.2. The highest BCUT2D eigenvalue weighted by molar-refractivity contribution is 6.33. The standard InChI is InChI=1S/C32H29ClN4O2/c1-2-37-29-11-7-6-10-26(29)27-18-24(14-15-30(27)37)35-31(38)16-23(21-8-4-3-5-9-21)17-32(39)36-25-13-12-22(20-34)28(33)19-25/h3-15,18-20,23,34H,2,16-17H2,1H3,(H,35,38)(H,36,39). The number of aromatic nitrogens is 1. The first-order chi connectivity index (χ1) is 19.0. The van der Waals surface area contributed by atoms with Crippen LogP contribution in [0.25, 0.3) is 21.8 Å². The van der Waals surface area contributed by atoms with Crippen LogP contribution in [0.5, 0.6) is 0 Å². The van der Waals surface area contributed by atoms with Crippen molar-refractivity contribution in [3.63, 3.8) is 0 Å². The van der Waals surface area contributed by atoms with Crippen LogP contribution >= 0.6 is 11.6 Å². The highest BCUT2D eigenvalue weighted by Crippen LogP contribution is 2.32. The lowest BCUT2D eigenvalue weighted by atomic mass is 9.91. The van der Waals surface area contributed by atoms with Gasteiger partial charge in [-0.1, -0.05) is 60.1 Å². The minimum atomic E-state index is -0.312. The first-order valence-corrected chi connectivity index (χ1v) is 13.3. The fraction of sp³-hybridized carbons (Fsp3) is 0.156. The maximum atomic E-state index is 13.2. The number of rotatable bonds is 9. The summed E-state index contributed by atoms with van der Waals surface area (Å²) >= 11 is 6.18. The zero-order chi connectivity index (χ0) is 27.4. The van der Waals surface area contributed by atoms with E-state index in [1.165, 1.54) is 5.52 Å². The largest absolute Gasteiger partial charge is 0.341 e. The van der Waals surface area contributed by atoms with E-state index in [-0.39, 0.29) is 30.6 Å². The monoisotopic (exact) mass is 536 g/mol. The molecular weight excluding hydrogens is 508 g/mol. The Hall–Kier alpha value is -4.42. The number of fused-ring (bicyclic) bond motifs is 3. The molecule has 0 aliphatic rings. The summed E-state index contributed by atoms with van der Waals surface area (Å²) in [5.74, 6) is -0.689. The quantitative estimate of drug-likeness (QED) is 0.169. The molecule has 0 radical (unpaired) electrons. The number of nitrogens with one attached hydrogen (secondary N) is 3. The van der Waals surface area contributed by atoms with Crippen molar-refractivity contribution in [1.29, 1.82) is 5.41 Å². The molecule has 1 atom stereocenters. The van der Waals surface area contributed by atoms with Crippen LogP contribution in [0.1, 0.15) is 36.8 Å². The van der Waals surface area contributed by atoms with E-state index >= 15 is 0 Å². The lowest BCUT2D eigenvalue weighted by Gasteiger charge is -2.17. The lowest BCUT2D eigenvalue weighted by molar-refractivity contribution is -0.118. The van der Waals surface area contributed by atoms with Crippen LogP contribution in [0.4, 0.5) is 11.4 Å². The summed E-state index contributed by atoms with van der Waals surface area (Å²) in [7, 11) is 0. The molecule has 0 fully saturated rings. The van der Waals surface area contributed by atoms with E-state index in [4.69, 9.17) is 17.0 Å². The molecule has 1 aromatic heterocycles. The molecule has 1 unspecified atom stereocenters. The zero-order valence-electron chi connectivity index (χ0n) is 21.6. The third-order valence-electron chi connectivity index (χ3n) is 6.95. The van der Waals surface area contributed by atoms with Crippen molar-refractivity contribution in [2.45, 2.75) is 32.2 Å². The smallest absolute Gasteiger partial charge is 0.225 e. The van der Waals surface area contributed by atoms with Gasteiger partial charge >= 0.3 is 0 Å². The van der Waals surface area contributed by atoms with Crippen molar-refractivity contribution in [3.8, 4) is 0 Å². The molecule has 0 spiro atoms. The first kappa shape index (κ1) is 26.2. The molecular formula is C32H29ClN4O2. The van der Waals surface area contributed by atoms with Crippen LogP contribution in [0.2, 0.25) is 5.02 Å². The van der Waals surface area contributed by atoms with Gasteiger partial charge in [-0.15, -0.1) is 0 Å². The number of benzene rings is 4. The van der Waals surface area contributed by atoms with Crippen molar-refractivity contribution in [1.82, 2.24) is 4.57 Å². The molecule has 0 bridgehead atoms. The molecule has 5 rings (SSSR count). The molecule has 0 saturated carbocycles. The third kappa shape index (κ3) is 5.71. The molecule has 39 heavy (non-hydrogen) atoms. The van der Waals surface area contributed by atoms with E-state index in [1.807, 2.05) is 60.7 Å². The van der Waals surface area contributed by atoms with E-state index in [0.29, 0.717) is 16.3 Å². The molecule has 6 nitrogen and oxygen atoms in total. The molecule has 7 heteroatoms. The van der Waals surface area contributed by atoms with Gasteiger partial charge in [-0.2, -0.15) is 0 Å². The van der Waals surface area contributed by atoms with Gasteiger partial charge < -0.3 is 20.6 Å². The fourth-order valence-electron chi connectivity index (χ4n) is 5.10. The number of anilines is 2. The molecule has 5 aromatic rings. The van der Waals surface area contributed by atoms with Gasteiger partial charge in [0.05, 0.1) is 5.02 Å². The van der Waals surface area contributed by atoms with Crippen molar-refractivity contribution < 1.29 is 9.59 Å². The number of aryl methyl sites for hydroxylation is 1. The van der Waals surface area contributed by atoms with Crippen LogP contribution in [0.15, 0.2) is 91.0 Å². The van der Waals surface area contributed by atoms with E-state index in [9.17, 15) is 9.59 Å². The summed E-state index contributed by atoms with van der Waals surface area (Å²) in [5.41, 5.74) is 5.06. The van der Waals surface area contributed by atoms with Crippen LogP contribution in [-0.2, 0) is 16.1 Å². The Labute approximate surface area is 232 Å². The highest BCUT2D eigenvalue weighted by atomic mass is 35.5. The summed E-state index contributed by atoms with van der Waals surface area (Å²) < 4.78 is 2.27. The van der Waals surface area contributed by atoms with Crippen LogP contribution in [0.3, 0.4) is 0 Å². The van der Waals surface area contributed by atoms with E-state index in [2.05, 4.69) is 34.3 Å². The lowest BCUT2D eigenvalue weighted by Crippen LogP contribution is -2.20. The van der Waals surface area contributed by atoms with Crippen molar-refractivity contribution in [3.05, 3.63) is 107 Å². The molecule has 2 amide bonds. The van der Waals surface area contributed by atoms with E-state index in [0.717, 1.165) is 40.3 Å². The number of hydrogen-bond donors (Lipinski definition) is 3. The Morgan fingerprint density at radius 2 is 1.44 bits per heavy atom. The highest BCUT2D eigenvalue weighted by Gasteiger charge is 2.21. The minimum Gasteiger partial charge on any atom is -0.341 e. The van der Waals surface area contributed by atoms with Gasteiger partial charge in [0, 0.05) is 70.3 Å². The summed E-state index contributed by atoms with van der Waals surface area (Å²) in [4.78, 5) is 26.2. The second-order valence-electron chi connectivity index (χ2n) is 9.49. The second kappa shape index (κ2) is 11.5. The van der Waals surface area contributed by atoms with Crippen molar-refractivity contribution in [2.75, 3.05) is 10.6 Å². The van der Waals surface area contributed by atoms with Gasteiger partial charge in [-0.05, 0) is 55.0 Å².